The molecule has 1 aromatic rings. The third-order valence-corrected chi connectivity index (χ3v) is 3.36. The first kappa shape index (κ1) is 17.2. The highest BCUT2D eigenvalue weighted by atomic mass is 35.5. The number of nitrogens with zero attached hydrogens (tertiary/aromatic N) is 3. The van der Waals surface area contributed by atoms with Crippen LogP contribution in [0.4, 0.5) is 5.82 Å². The zero-order valence-corrected chi connectivity index (χ0v) is 13.2. The van der Waals surface area contributed by atoms with Crippen molar-refractivity contribution in [3.05, 3.63) is 23.4 Å². The van der Waals surface area contributed by atoms with E-state index in [4.69, 9.17) is 16.7 Å². The van der Waals surface area contributed by atoms with Crippen molar-refractivity contribution in [3.63, 3.8) is 0 Å². The van der Waals surface area contributed by atoms with E-state index in [9.17, 15) is 9.59 Å². The largest absolute Gasteiger partial charge is 0.481 e. The average molecular weight is 314 g/mol. The maximum absolute atomic E-state index is 12.3. The molecule has 116 valence electrons. The Kier molecular flexibility index (Phi) is 6.42. The topological polar surface area (TPSA) is 73.7 Å². The van der Waals surface area contributed by atoms with E-state index in [1.165, 1.54) is 6.20 Å². The van der Waals surface area contributed by atoms with Gasteiger partial charge in [0.05, 0.1) is 18.0 Å². The van der Waals surface area contributed by atoms with Gasteiger partial charge in [0.2, 0.25) is 5.91 Å². The van der Waals surface area contributed by atoms with Crippen LogP contribution in [-0.4, -0.2) is 53.0 Å². The number of amides is 1. The molecule has 0 aliphatic heterocycles. The molecule has 1 N–H and O–H groups in total. The van der Waals surface area contributed by atoms with E-state index in [1.807, 2.05) is 6.92 Å². The SMILES string of the molecule is CCN(C(=O)CN(C)c1ccc(Cl)cn1)C(C)CC(=O)O. The highest BCUT2D eigenvalue weighted by molar-refractivity contribution is 6.30. The lowest BCUT2D eigenvalue weighted by Gasteiger charge is -2.29. The highest BCUT2D eigenvalue weighted by Gasteiger charge is 2.22. The Morgan fingerprint density at radius 1 is 1.43 bits per heavy atom. The summed E-state index contributed by atoms with van der Waals surface area (Å²) in [7, 11) is 1.75. The monoisotopic (exact) mass is 313 g/mol. The van der Waals surface area contributed by atoms with Crippen LogP contribution in [0.2, 0.25) is 5.02 Å². The number of likely N-dealkylation sites (N-methyl/N-ethyl adjacent to an activating group) is 2. The maximum Gasteiger partial charge on any atom is 0.305 e. The fourth-order valence-electron chi connectivity index (χ4n) is 2.07. The number of carbonyl (C=O) groups excluding carboxylic acids is 1. The van der Waals surface area contributed by atoms with Gasteiger partial charge in [0.15, 0.2) is 0 Å². The summed E-state index contributed by atoms with van der Waals surface area (Å²) in [6.07, 6.45) is 1.45. The lowest BCUT2D eigenvalue weighted by molar-refractivity contribution is -0.140. The van der Waals surface area contributed by atoms with Crippen molar-refractivity contribution in [1.82, 2.24) is 9.88 Å². The zero-order chi connectivity index (χ0) is 16.0. The summed E-state index contributed by atoms with van der Waals surface area (Å²) >= 11 is 5.77. The van der Waals surface area contributed by atoms with Crippen molar-refractivity contribution < 1.29 is 14.7 Å². The molecule has 0 aliphatic rings. The molecule has 0 bridgehead atoms. The van der Waals surface area contributed by atoms with E-state index in [1.54, 1.807) is 35.9 Å². The van der Waals surface area contributed by atoms with Gasteiger partial charge in [-0.15, -0.1) is 0 Å². The fourth-order valence-corrected chi connectivity index (χ4v) is 2.18. The van der Waals surface area contributed by atoms with Crippen molar-refractivity contribution in [1.29, 1.82) is 0 Å². The van der Waals surface area contributed by atoms with Crippen molar-refractivity contribution in [2.24, 2.45) is 0 Å². The van der Waals surface area contributed by atoms with Crippen LogP contribution in [-0.2, 0) is 9.59 Å². The van der Waals surface area contributed by atoms with Gasteiger partial charge in [0.25, 0.3) is 0 Å². The molecular weight excluding hydrogens is 294 g/mol. The number of carboxylic acid groups (broad SMARTS) is 1. The molecule has 7 heteroatoms. The van der Waals surface area contributed by atoms with Crippen LogP contribution < -0.4 is 4.90 Å². The van der Waals surface area contributed by atoms with Crippen molar-refractivity contribution in [2.75, 3.05) is 25.0 Å². The Balaban J connectivity index is 2.68. The number of rotatable bonds is 7. The van der Waals surface area contributed by atoms with Crippen LogP contribution in [0.15, 0.2) is 18.3 Å². The maximum atomic E-state index is 12.3. The Morgan fingerprint density at radius 2 is 2.10 bits per heavy atom. The van der Waals surface area contributed by atoms with Gasteiger partial charge in [-0.25, -0.2) is 4.98 Å². The first-order chi connectivity index (χ1) is 9.85. The minimum absolute atomic E-state index is 0.0670. The van der Waals surface area contributed by atoms with Crippen LogP contribution >= 0.6 is 11.6 Å². The molecule has 1 amide bonds. The number of carboxylic acids is 1. The number of carbonyl (C=O) groups is 2. The van der Waals surface area contributed by atoms with Gasteiger partial charge in [0.1, 0.15) is 5.82 Å². The van der Waals surface area contributed by atoms with Gasteiger partial charge in [0, 0.05) is 25.8 Å². The quantitative estimate of drug-likeness (QED) is 0.832. The highest BCUT2D eigenvalue weighted by Crippen LogP contribution is 2.13. The molecule has 1 heterocycles. The first-order valence-corrected chi connectivity index (χ1v) is 7.06. The molecule has 1 rings (SSSR count). The van der Waals surface area contributed by atoms with Crippen molar-refractivity contribution >= 4 is 29.3 Å². The van der Waals surface area contributed by atoms with E-state index in [-0.39, 0.29) is 24.9 Å². The van der Waals surface area contributed by atoms with Crippen molar-refractivity contribution in [2.45, 2.75) is 26.3 Å². The zero-order valence-electron chi connectivity index (χ0n) is 12.4. The van der Waals surface area contributed by atoms with Crippen LogP contribution in [0.1, 0.15) is 20.3 Å². The van der Waals surface area contributed by atoms with Gasteiger partial charge in [-0.3, -0.25) is 9.59 Å². The number of halogens is 1. The van der Waals surface area contributed by atoms with Gasteiger partial charge < -0.3 is 14.9 Å². The molecular formula is C14H20ClN3O3. The normalized spacial score (nSPS) is 11.8. The molecule has 1 aromatic heterocycles. The Hall–Kier alpha value is -1.82. The molecule has 0 fully saturated rings. The predicted molar refractivity (Wildman–Crippen MR) is 81.6 cm³/mol. The minimum atomic E-state index is -0.915. The van der Waals surface area contributed by atoms with E-state index in [2.05, 4.69) is 4.98 Å². The van der Waals surface area contributed by atoms with Crippen LogP contribution in [0.3, 0.4) is 0 Å². The summed E-state index contributed by atoms with van der Waals surface area (Å²) in [6, 6.07) is 3.09. The summed E-state index contributed by atoms with van der Waals surface area (Å²) in [5.74, 6) is -0.415. The third kappa shape index (κ3) is 5.23. The van der Waals surface area contributed by atoms with E-state index < -0.39 is 5.97 Å². The van der Waals surface area contributed by atoms with Crippen LogP contribution in [0.25, 0.3) is 0 Å². The molecule has 0 saturated heterocycles. The first-order valence-electron chi connectivity index (χ1n) is 6.69. The van der Waals surface area contributed by atoms with Crippen LogP contribution in [0, 0.1) is 0 Å². The van der Waals surface area contributed by atoms with E-state index >= 15 is 0 Å². The molecule has 6 nitrogen and oxygen atoms in total. The smallest absolute Gasteiger partial charge is 0.305 e. The van der Waals surface area contributed by atoms with Crippen molar-refractivity contribution in [3.8, 4) is 0 Å². The second-order valence-corrected chi connectivity index (χ2v) is 5.25. The average Bonchev–Trinajstić information content (AvgIpc) is 2.39. The molecule has 21 heavy (non-hydrogen) atoms. The summed E-state index contributed by atoms with van der Waals surface area (Å²) in [4.78, 5) is 30.4. The molecule has 1 unspecified atom stereocenters. The summed E-state index contributed by atoms with van der Waals surface area (Å²) in [5.41, 5.74) is 0. The molecule has 0 spiro atoms. The third-order valence-electron chi connectivity index (χ3n) is 3.14. The number of hydrogen-bond acceptors (Lipinski definition) is 4. The molecule has 0 aromatic carbocycles. The Morgan fingerprint density at radius 3 is 2.57 bits per heavy atom. The summed E-state index contributed by atoms with van der Waals surface area (Å²) in [6.45, 7) is 4.16. The number of hydrogen-bond donors (Lipinski definition) is 1. The molecule has 0 radical (unpaired) electrons. The Labute approximate surface area is 129 Å². The van der Waals surface area contributed by atoms with E-state index in [0.717, 1.165) is 0 Å². The number of anilines is 1. The predicted octanol–water partition coefficient (Wildman–Crippen LogP) is 1.88. The van der Waals surface area contributed by atoms with Gasteiger partial charge >= 0.3 is 5.97 Å². The van der Waals surface area contributed by atoms with E-state index in [0.29, 0.717) is 17.4 Å². The van der Waals surface area contributed by atoms with Gasteiger partial charge in [-0.2, -0.15) is 0 Å². The number of aromatic nitrogens is 1. The second-order valence-electron chi connectivity index (χ2n) is 4.82. The fraction of sp³-hybridized carbons (Fsp3) is 0.500. The lowest BCUT2D eigenvalue weighted by atomic mass is 10.2. The lowest BCUT2D eigenvalue weighted by Crippen LogP contribution is -2.44. The van der Waals surface area contributed by atoms with Gasteiger partial charge in [-0.1, -0.05) is 11.6 Å². The summed E-state index contributed by atoms with van der Waals surface area (Å²) < 4.78 is 0. The number of aliphatic carboxylic acids is 1. The van der Waals surface area contributed by atoms with Crippen LogP contribution in [0.5, 0.6) is 0 Å². The second kappa shape index (κ2) is 7.83. The number of pyridine rings is 1. The molecule has 0 saturated carbocycles. The molecule has 1 atom stereocenters. The standard InChI is InChI=1S/C14H20ClN3O3/c1-4-18(10(2)7-14(20)21)13(19)9-17(3)12-6-5-11(15)8-16-12/h5-6,8,10H,4,7,9H2,1-3H3,(H,20,21). The van der Waals surface area contributed by atoms with Gasteiger partial charge in [-0.05, 0) is 26.0 Å². The summed E-state index contributed by atoms with van der Waals surface area (Å²) in [5, 5.41) is 9.36. The minimum Gasteiger partial charge on any atom is -0.481 e. The Bertz CT molecular complexity index is 493. The molecule has 0 aliphatic carbocycles.